The molecule has 2 aliphatic rings. The summed E-state index contributed by atoms with van der Waals surface area (Å²) in [6.45, 7) is 3.80. The number of nitrogens with one attached hydrogen (secondary N) is 1. The van der Waals surface area contributed by atoms with Crippen molar-refractivity contribution in [1.82, 2.24) is 14.8 Å². The number of hydrogen-bond donors (Lipinski definition) is 1. The molecule has 0 radical (unpaired) electrons. The lowest BCUT2D eigenvalue weighted by Gasteiger charge is -2.41. The van der Waals surface area contributed by atoms with Crippen molar-refractivity contribution in [2.75, 3.05) is 31.5 Å². The number of likely N-dealkylation sites (tertiary alicyclic amines) is 2. The average molecular weight is 393 g/mol. The van der Waals surface area contributed by atoms with Crippen LogP contribution in [0.1, 0.15) is 25.7 Å². The van der Waals surface area contributed by atoms with Gasteiger partial charge in [-0.05, 0) is 43.2 Å². The molecule has 0 aromatic carbocycles. The molecule has 2 saturated heterocycles. The fourth-order valence-electron chi connectivity index (χ4n) is 3.74. The molecule has 2 amide bonds. The van der Waals surface area contributed by atoms with Crippen LogP contribution in [0.25, 0.3) is 0 Å². The van der Waals surface area contributed by atoms with E-state index in [-0.39, 0.29) is 12.1 Å². The summed E-state index contributed by atoms with van der Waals surface area (Å²) in [5, 5.41) is 8.61. The molecule has 26 heavy (non-hydrogen) atoms. The Morgan fingerprint density at radius 2 is 1.92 bits per heavy atom. The third-order valence-electron chi connectivity index (χ3n) is 5.17. The molecule has 2 aromatic heterocycles. The number of carbonyl (C=O) groups excluding carboxylic acids is 1. The van der Waals surface area contributed by atoms with Gasteiger partial charge < -0.3 is 9.64 Å². The van der Waals surface area contributed by atoms with Crippen LogP contribution in [0.5, 0.6) is 5.19 Å². The molecule has 0 saturated carbocycles. The molecule has 0 aliphatic carbocycles. The minimum absolute atomic E-state index is 0.0291. The molecule has 2 aliphatic heterocycles. The Labute approximate surface area is 161 Å². The highest BCUT2D eigenvalue weighted by atomic mass is 32.1. The first-order valence-electron chi connectivity index (χ1n) is 9.17. The largest absolute Gasteiger partial charge is 0.467 e. The summed E-state index contributed by atoms with van der Waals surface area (Å²) in [6.07, 6.45) is 6.29. The topological polar surface area (TPSA) is 57.7 Å². The third-order valence-corrected chi connectivity index (χ3v) is 6.62. The van der Waals surface area contributed by atoms with E-state index in [0.29, 0.717) is 6.04 Å². The van der Waals surface area contributed by atoms with Crippen molar-refractivity contribution in [3.63, 3.8) is 0 Å². The maximum atomic E-state index is 12.3. The number of anilines is 1. The van der Waals surface area contributed by atoms with Crippen LogP contribution in [0.2, 0.25) is 0 Å². The zero-order chi connectivity index (χ0) is 17.8. The SMILES string of the molecule is O=C(Nc1cccs1)N1CCC(N2CCC(Oc3nccs3)CC2)CC1. The van der Waals surface area contributed by atoms with E-state index in [9.17, 15) is 4.79 Å². The monoisotopic (exact) mass is 392 g/mol. The van der Waals surface area contributed by atoms with Gasteiger partial charge in [-0.1, -0.05) is 11.3 Å². The molecule has 0 bridgehead atoms. The fraction of sp³-hybridized carbons (Fsp3) is 0.556. The Bertz CT molecular complexity index is 676. The molecule has 0 unspecified atom stereocenters. The number of ether oxygens (including phenoxy) is 1. The van der Waals surface area contributed by atoms with Crippen molar-refractivity contribution in [3.05, 3.63) is 29.1 Å². The first kappa shape index (κ1) is 17.8. The van der Waals surface area contributed by atoms with E-state index >= 15 is 0 Å². The Morgan fingerprint density at radius 3 is 2.58 bits per heavy atom. The van der Waals surface area contributed by atoms with Gasteiger partial charge in [-0.15, -0.1) is 11.3 Å². The van der Waals surface area contributed by atoms with E-state index in [2.05, 4.69) is 15.2 Å². The molecule has 140 valence electrons. The Morgan fingerprint density at radius 1 is 1.12 bits per heavy atom. The van der Waals surface area contributed by atoms with E-state index < -0.39 is 0 Å². The van der Waals surface area contributed by atoms with Gasteiger partial charge in [0.1, 0.15) is 6.10 Å². The molecule has 6 nitrogen and oxygen atoms in total. The first-order valence-corrected chi connectivity index (χ1v) is 10.9. The molecule has 8 heteroatoms. The van der Waals surface area contributed by atoms with Gasteiger partial charge in [0.15, 0.2) is 0 Å². The van der Waals surface area contributed by atoms with Gasteiger partial charge in [-0.3, -0.25) is 10.2 Å². The summed E-state index contributed by atoms with van der Waals surface area (Å²) in [7, 11) is 0. The van der Waals surface area contributed by atoms with Crippen molar-refractivity contribution in [1.29, 1.82) is 0 Å². The highest BCUT2D eigenvalue weighted by Crippen LogP contribution is 2.25. The van der Waals surface area contributed by atoms with Crippen LogP contribution in [0.4, 0.5) is 9.80 Å². The number of thiazole rings is 1. The summed E-state index contributed by atoms with van der Waals surface area (Å²) in [5.41, 5.74) is 0. The molecule has 1 N–H and O–H groups in total. The van der Waals surface area contributed by atoms with Crippen LogP contribution in [0.15, 0.2) is 29.1 Å². The highest BCUT2D eigenvalue weighted by molar-refractivity contribution is 7.14. The number of thiophene rings is 1. The lowest BCUT2D eigenvalue weighted by molar-refractivity contribution is 0.0544. The van der Waals surface area contributed by atoms with Crippen molar-refractivity contribution in [2.24, 2.45) is 0 Å². The summed E-state index contributed by atoms with van der Waals surface area (Å²) < 4.78 is 5.95. The zero-order valence-electron chi connectivity index (χ0n) is 14.7. The first-order chi connectivity index (χ1) is 12.8. The predicted octanol–water partition coefficient (Wildman–Crippen LogP) is 3.74. The van der Waals surface area contributed by atoms with E-state index in [1.165, 1.54) is 0 Å². The Kier molecular flexibility index (Phi) is 5.72. The summed E-state index contributed by atoms with van der Waals surface area (Å²) in [6, 6.07) is 4.50. The standard InChI is InChI=1S/C18H24N4O2S2/c23-17(20-16-2-1-12-25-16)22-8-3-14(4-9-22)21-10-5-15(6-11-21)24-18-19-7-13-26-18/h1-2,7,12-15H,3-6,8-11H2,(H,20,23). The molecule has 4 rings (SSSR count). The second-order valence-electron chi connectivity index (χ2n) is 6.78. The van der Waals surface area contributed by atoms with Crippen LogP contribution in [-0.2, 0) is 0 Å². The van der Waals surface area contributed by atoms with Gasteiger partial charge >= 0.3 is 6.03 Å². The number of rotatable bonds is 4. The second kappa shape index (κ2) is 8.37. The molecular weight excluding hydrogens is 368 g/mol. The molecule has 2 aromatic rings. The van der Waals surface area contributed by atoms with E-state index in [1.54, 1.807) is 28.9 Å². The minimum Gasteiger partial charge on any atom is -0.467 e. The summed E-state index contributed by atoms with van der Waals surface area (Å²) >= 11 is 3.12. The molecule has 0 spiro atoms. The van der Waals surface area contributed by atoms with Gasteiger partial charge in [-0.2, -0.15) is 0 Å². The molecule has 2 fully saturated rings. The minimum atomic E-state index is 0.0291. The van der Waals surface area contributed by atoms with Crippen LogP contribution in [0.3, 0.4) is 0 Å². The maximum Gasteiger partial charge on any atom is 0.322 e. The lowest BCUT2D eigenvalue weighted by Crippen LogP contribution is -2.50. The van der Waals surface area contributed by atoms with Gasteiger partial charge in [0.2, 0.25) is 0 Å². The second-order valence-corrected chi connectivity index (χ2v) is 8.58. The van der Waals surface area contributed by atoms with Crippen LogP contribution < -0.4 is 10.1 Å². The Hall–Kier alpha value is -1.64. The number of aromatic nitrogens is 1. The molecule has 0 atom stereocenters. The van der Waals surface area contributed by atoms with Crippen LogP contribution in [0, 0.1) is 0 Å². The Balaban J connectivity index is 1.20. The van der Waals surface area contributed by atoms with Gasteiger partial charge in [0, 0.05) is 43.8 Å². The smallest absolute Gasteiger partial charge is 0.322 e. The number of hydrogen-bond acceptors (Lipinski definition) is 6. The number of piperidine rings is 2. The summed E-state index contributed by atoms with van der Waals surface area (Å²) in [5.74, 6) is 0. The lowest BCUT2D eigenvalue weighted by atomic mass is 9.99. The normalized spacial score (nSPS) is 20.2. The van der Waals surface area contributed by atoms with Gasteiger partial charge in [0.05, 0.1) is 5.00 Å². The van der Waals surface area contributed by atoms with Gasteiger partial charge in [0.25, 0.3) is 5.19 Å². The van der Waals surface area contributed by atoms with Crippen molar-refractivity contribution >= 4 is 33.7 Å². The van der Waals surface area contributed by atoms with Gasteiger partial charge in [-0.25, -0.2) is 9.78 Å². The highest BCUT2D eigenvalue weighted by Gasteiger charge is 2.30. The third kappa shape index (κ3) is 4.36. The number of carbonyl (C=O) groups is 1. The van der Waals surface area contributed by atoms with Crippen molar-refractivity contribution < 1.29 is 9.53 Å². The average Bonchev–Trinajstić information content (AvgIpc) is 3.37. The quantitative estimate of drug-likeness (QED) is 0.861. The maximum absolute atomic E-state index is 12.3. The number of nitrogens with zero attached hydrogens (tertiary/aromatic N) is 3. The zero-order valence-corrected chi connectivity index (χ0v) is 16.3. The summed E-state index contributed by atoms with van der Waals surface area (Å²) in [4.78, 5) is 21.1. The van der Waals surface area contributed by atoms with E-state index in [4.69, 9.17) is 4.74 Å². The van der Waals surface area contributed by atoms with E-state index in [1.807, 2.05) is 27.8 Å². The van der Waals surface area contributed by atoms with E-state index in [0.717, 1.165) is 62.1 Å². The molecule has 4 heterocycles. The predicted molar refractivity (Wildman–Crippen MR) is 105 cm³/mol. The van der Waals surface area contributed by atoms with Crippen molar-refractivity contribution in [3.8, 4) is 5.19 Å². The van der Waals surface area contributed by atoms with Crippen LogP contribution >= 0.6 is 22.7 Å². The fourth-order valence-corrected chi connectivity index (χ4v) is 4.90. The van der Waals surface area contributed by atoms with Crippen LogP contribution in [-0.4, -0.2) is 59.1 Å². The molecular formula is C18H24N4O2S2. The van der Waals surface area contributed by atoms with Crippen molar-refractivity contribution in [2.45, 2.75) is 37.8 Å². The number of amides is 2. The number of urea groups is 1.